The van der Waals surface area contributed by atoms with E-state index in [0.29, 0.717) is 5.56 Å². The fourth-order valence-corrected chi connectivity index (χ4v) is 1.45. The van der Waals surface area contributed by atoms with E-state index < -0.39 is 0 Å². The van der Waals surface area contributed by atoms with Gasteiger partial charge in [-0.25, -0.2) is 0 Å². The highest BCUT2D eigenvalue weighted by atomic mass is 16.1. The summed E-state index contributed by atoms with van der Waals surface area (Å²) in [6.07, 6.45) is 3.53. The Morgan fingerprint density at radius 2 is 2.38 bits per heavy atom. The topological polar surface area (TPSA) is 45.8 Å². The predicted octanol–water partition coefficient (Wildman–Crippen LogP) is 1.94. The molecule has 0 aliphatic heterocycles. The summed E-state index contributed by atoms with van der Waals surface area (Å²) < 4.78 is 0. The van der Waals surface area contributed by atoms with Crippen molar-refractivity contribution in [2.24, 2.45) is 0 Å². The molecule has 0 aliphatic rings. The van der Waals surface area contributed by atoms with Crippen LogP contribution < -0.4 is 0 Å². The number of fused-ring (bicyclic) bond motifs is 1. The molecule has 0 atom stereocenters. The molecular formula is C10H10N2O. The molecule has 1 N–H and O–H groups in total. The summed E-state index contributed by atoms with van der Waals surface area (Å²) in [5, 5.41) is 7.71. The van der Waals surface area contributed by atoms with E-state index in [9.17, 15) is 4.79 Å². The van der Waals surface area contributed by atoms with Crippen molar-refractivity contribution in [2.75, 3.05) is 0 Å². The standard InChI is InChI=1S/C10H10N2O/c1-2-7-3-8-5-11-12-10(8)9(4-7)6-13/h3-6H,2H2,1H3,(H,11,12). The first-order chi connectivity index (χ1) is 6.35. The maximum atomic E-state index is 10.7. The van der Waals surface area contributed by atoms with Gasteiger partial charge in [0.1, 0.15) is 0 Å². The predicted molar refractivity (Wildman–Crippen MR) is 50.9 cm³/mol. The molecule has 0 unspecified atom stereocenters. The largest absolute Gasteiger partial charge is 0.298 e. The Morgan fingerprint density at radius 1 is 1.54 bits per heavy atom. The van der Waals surface area contributed by atoms with Crippen LogP contribution in [0.1, 0.15) is 22.8 Å². The quantitative estimate of drug-likeness (QED) is 0.707. The van der Waals surface area contributed by atoms with Crippen LogP contribution in [0.4, 0.5) is 0 Å². The van der Waals surface area contributed by atoms with Crippen LogP contribution in [-0.2, 0) is 6.42 Å². The average Bonchev–Trinajstić information content (AvgIpc) is 2.63. The Balaban J connectivity index is 2.77. The van der Waals surface area contributed by atoms with Crippen molar-refractivity contribution in [2.45, 2.75) is 13.3 Å². The number of carbonyl (C=O) groups is 1. The number of H-pyrrole nitrogens is 1. The summed E-state index contributed by atoms with van der Waals surface area (Å²) in [6, 6.07) is 3.94. The van der Waals surface area contributed by atoms with Crippen LogP contribution in [0.25, 0.3) is 10.9 Å². The first-order valence-corrected chi connectivity index (χ1v) is 4.26. The number of hydrogen-bond donors (Lipinski definition) is 1. The lowest BCUT2D eigenvalue weighted by molar-refractivity contribution is 0.112. The molecule has 13 heavy (non-hydrogen) atoms. The van der Waals surface area contributed by atoms with Gasteiger partial charge in [0.2, 0.25) is 0 Å². The molecule has 3 heteroatoms. The van der Waals surface area contributed by atoms with Crippen molar-refractivity contribution in [3.05, 3.63) is 29.5 Å². The van der Waals surface area contributed by atoms with Crippen molar-refractivity contribution >= 4 is 17.2 Å². The summed E-state index contributed by atoms with van der Waals surface area (Å²) in [4.78, 5) is 10.7. The molecule has 2 rings (SSSR count). The highest BCUT2D eigenvalue weighted by molar-refractivity contribution is 5.95. The van der Waals surface area contributed by atoms with E-state index in [1.807, 2.05) is 12.1 Å². The van der Waals surface area contributed by atoms with Crippen LogP contribution in [0.5, 0.6) is 0 Å². The highest BCUT2D eigenvalue weighted by Gasteiger charge is 2.03. The fraction of sp³-hybridized carbons (Fsp3) is 0.200. The highest BCUT2D eigenvalue weighted by Crippen LogP contribution is 2.17. The lowest BCUT2D eigenvalue weighted by Crippen LogP contribution is -1.87. The Labute approximate surface area is 75.8 Å². The number of hydrogen-bond acceptors (Lipinski definition) is 2. The van der Waals surface area contributed by atoms with Crippen LogP contribution in [0.15, 0.2) is 18.3 Å². The van der Waals surface area contributed by atoms with Gasteiger partial charge in [-0.3, -0.25) is 9.89 Å². The second kappa shape index (κ2) is 3.01. The first kappa shape index (κ1) is 7.98. The molecule has 66 valence electrons. The maximum Gasteiger partial charge on any atom is 0.152 e. The van der Waals surface area contributed by atoms with Crippen LogP contribution in [0.3, 0.4) is 0 Å². The van der Waals surface area contributed by atoms with Crippen LogP contribution >= 0.6 is 0 Å². The first-order valence-electron chi connectivity index (χ1n) is 4.26. The van der Waals surface area contributed by atoms with Crippen LogP contribution in [0.2, 0.25) is 0 Å². The molecule has 3 nitrogen and oxygen atoms in total. The van der Waals surface area contributed by atoms with Gasteiger partial charge in [0, 0.05) is 10.9 Å². The lowest BCUT2D eigenvalue weighted by Gasteiger charge is -1.98. The molecule has 2 aromatic rings. The summed E-state index contributed by atoms with van der Waals surface area (Å²) in [7, 11) is 0. The van der Waals surface area contributed by atoms with Gasteiger partial charge in [-0.15, -0.1) is 0 Å². The number of rotatable bonds is 2. The fourth-order valence-electron chi connectivity index (χ4n) is 1.45. The number of aromatic nitrogens is 2. The molecule has 0 aliphatic carbocycles. The maximum absolute atomic E-state index is 10.7. The number of aryl methyl sites for hydroxylation is 1. The zero-order valence-corrected chi connectivity index (χ0v) is 7.37. The van der Waals surface area contributed by atoms with E-state index in [2.05, 4.69) is 17.1 Å². The number of nitrogens with one attached hydrogen (secondary N) is 1. The smallest absolute Gasteiger partial charge is 0.152 e. The third-order valence-electron chi connectivity index (χ3n) is 2.17. The van der Waals surface area contributed by atoms with Gasteiger partial charge in [-0.1, -0.05) is 6.92 Å². The number of carbonyl (C=O) groups excluding carboxylic acids is 1. The van der Waals surface area contributed by atoms with Crippen molar-refractivity contribution in [3.63, 3.8) is 0 Å². The third kappa shape index (κ3) is 1.22. The number of nitrogens with zero attached hydrogens (tertiary/aromatic N) is 1. The van der Waals surface area contributed by atoms with E-state index in [0.717, 1.165) is 29.2 Å². The van der Waals surface area contributed by atoms with Gasteiger partial charge in [-0.05, 0) is 24.1 Å². The van der Waals surface area contributed by atoms with E-state index in [-0.39, 0.29) is 0 Å². The molecule has 0 fully saturated rings. The average molecular weight is 174 g/mol. The second-order valence-corrected chi connectivity index (χ2v) is 2.99. The molecule has 1 aromatic carbocycles. The summed E-state index contributed by atoms with van der Waals surface area (Å²) in [6.45, 7) is 2.07. The van der Waals surface area contributed by atoms with E-state index in [4.69, 9.17) is 0 Å². The molecule has 0 saturated heterocycles. The molecule has 1 heterocycles. The minimum atomic E-state index is 0.687. The van der Waals surface area contributed by atoms with Crippen molar-refractivity contribution in [3.8, 4) is 0 Å². The molecular weight excluding hydrogens is 164 g/mol. The van der Waals surface area contributed by atoms with Gasteiger partial charge in [0.25, 0.3) is 0 Å². The van der Waals surface area contributed by atoms with Crippen molar-refractivity contribution in [1.29, 1.82) is 0 Å². The Kier molecular flexibility index (Phi) is 1.85. The number of benzene rings is 1. The van der Waals surface area contributed by atoms with E-state index in [1.54, 1.807) is 6.20 Å². The summed E-state index contributed by atoms with van der Waals surface area (Å²) in [5.74, 6) is 0. The third-order valence-corrected chi connectivity index (χ3v) is 2.17. The van der Waals surface area contributed by atoms with Gasteiger partial charge in [0.15, 0.2) is 6.29 Å². The molecule has 0 radical (unpaired) electrons. The zero-order valence-electron chi connectivity index (χ0n) is 7.37. The van der Waals surface area contributed by atoms with E-state index >= 15 is 0 Å². The number of aldehydes is 1. The SMILES string of the molecule is CCc1cc(C=O)c2[nH]ncc2c1. The van der Waals surface area contributed by atoms with Gasteiger partial charge in [0.05, 0.1) is 11.7 Å². The van der Waals surface area contributed by atoms with Crippen LogP contribution in [-0.4, -0.2) is 16.5 Å². The zero-order chi connectivity index (χ0) is 9.26. The van der Waals surface area contributed by atoms with Crippen molar-refractivity contribution in [1.82, 2.24) is 10.2 Å². The van der Waals surface area contributed by atoms with E-state index in [1.165, 1.54) is 0 Å². The van der Waals surface area contributed by atoms with Gasteiger partial charge < -0.3 is 0 Å². The van der Waals surface area contributed by atoms with Crippen LogP contribution in [0, 0.1) is 0 Å². The Hall–Kier alpha value is -1.64. The lowest BCUT2D eigenvalue weighted by atomic mass is 10.1. The van der Waals surface area contributed by atoms with Gasteiger partial charge >= 0.3 is 0 Å². The number of aromatic amines is 1. The van der Waals surface area contributed by atoms with Crippen molar-refractivity contribution < 1.29 is 4.79 Å². The summed E-state index contributed by atoms with van der Waals surface area (Å²) >= 11 is 0. The Bertz CT molecular complexity index is 445. The minimum absolute atomic E-state index is 0.687. The Morgan fingerprint density at radius 3 is 3.08 bits per heavy atom. The normalized spacial score (nSPS) is 10.5. The minimum Gasteiger partial charge on any atom is -0.298 e. The molecule has 0 bridgehead atoms. The second-order valence-electron chi connectivity index (χ2n) is 2.99. The summed E-state index contributed by atoms with van der Waals surface area (Å²) in [5.41, 5.74) is 2.68. The molecule has 1 aromatic heterocycles. The molecule has 0 spiro atoms. The molecule has 0 saturated carbocycles. The molecule has 0 amide bonds. The monoisotopic (exact) mass is 174 g/mol. The van der Waals surface area contributed by atoms with Gasteiger partial charge in [-0.2, -0.15) is 5.10 Å².